The Morgan fingerprint density at radius 1 is 1.24 bits per heavy atom. The van der Waals surface area contributed by atoms with Crippen LogP contribution in [0.3, 0.4) is 0 Å². The number of rotatable bonds is 8. The summed E-state index contributed by atoms with van der Waals surface area (Å²) in [5, 5.41) is 0.182. The fraction of sp³-hybridized carbons (Fsp3) is 0.800. The average molecular weight is 427 g/mol. The van der Waals surface area contributed by atoms with Gasteiger partial charge in [-0.25, -0.2) is 13.4 Å². The number of aromatic nitrogens is 2. The summed E-state index contributed by atoms with van der Waals surface area (Å²) < 4.78 is 32.1. The Balaban J connectivity index is 1.71. The van der Waals surface area contributed by atoms with Crippen LogP contribution in [0.4, 0.5) is 0 Å². The molecule has 1 aromatic heterocycles. The molecule has 1 atom stereocenters. The normalized spacial score (nSPS) is 21.4. The number of piperidine rings is 1. The van der Waals surface area contributed by atoms with Crippen LogP contribution in [0.25, 0.3) is 0 Å². The predicted molar refractivity (Wildman–Crippen MR) is 110 cm³/mol. The van der Waals surface area contributed by atoms with Crippen LogP contribution in [0.2, 0.25) is 0 Å². The molecule has 3 heterocycles. The van der Waals surface area contributed by atoms with E-state index in [4.69, 9.17) is 4.74 Å². The summed E-state index contributed by atoms with van der Waals surface area (Å²) in [6.45, 7) is 9.26. The number of carbonyl (C=O) groups is 1. The summed E-state index contributed by atoms with van der Waals surface area (Å²) in [5.74, 6) is 0.287. The molecule has 0 bridgehead atoms. The van der Waals surface area contributed by atoms with Gasteiger partial charge in [0.1, 0.15) is 0 Å². The summed E-state index contributed by atoms with van der Waals surface area (Å²) in [7, 11) is -3.36. The molecule has 3 rings (SSSR count). The van der Waals surface area contributed by atoms with Gasteiger partial charge in [0.25, 0.3) is 0 Å². The maximum absolute atomic E-state index is 12.9. The first-order valence-electron chi connectivity index (χ1n) is 10.8. The Kier molecular flexibility index (Phi) is 7.70. The van der Waals surface area contributed by atoms with Crippen molar-refractivity contribution in [3.63, 3.8) is 0 Å². The van der Waals surface area contributed by atoms with Gasteiger partial charge in [-0.1, -0.05) is 20.3 Å². The fourth-order valence-electron chi connectivity index (χ4n) is 4.12. The molecule has 0 aliphatic carbocycles. The molecule has 0 spiro atoms. The van der Waals surface area contributed by atoms with Crippen molar-refractivity contribution in [1.82, 2.24) is 19.4 Å². The fourth-order valence-corrected chi connectivity index (χ4v) is 5.14. The monoisotopic (exact) mass is 426 g/mol. The van der Waals surface area contributed by atoms with Crippen molar-refractivity contribution in [1.29, 1.82) is 0 Å². The second-order valence-electron chi connectivity index (χ2n) is 7.95. The Labute approximate surface area is 174 Å². The minimum atomic E-state index is -3.36. The Bertz CT molecular complexity index is 786. The van der Waals surface area contributed by atoms with E-state index < -0.39 is 9.84 Å². The summed E-state index contributed by atoms with van der Waals surface area (Å²) in [6.07, 6.45) is 5.49. The highest BCUT2D eigenvalue weighted by Crippen LogP contribution is 2.23. The third kappa shape index (κ3) is 5.38. The van der Waals surface area contributed by atoms with E-state index in [0.29, 0.717) is 45.9 Å². The quantitative estimate of drug-likeness (QED) is 0.627. The third-order valence-corrected chi connectivity index (χ3v) is 7.50. The lowest BCUT2D eigenvalue weighted by Gasteiger charge is -2.36. The first-order chi connectivity index (χ1) is 14.0. The molecular formula is C20H34N4O4S. The summed E-state index contributed by atoms with van der Waals surface area (Å²) in [5.41, 5.74) is 0.921. The number of hydrogen-bond donors (Lipinski definition) is 0. The first kappa shape index (κ1) is 22.2. The van der Waals surface area contributed by atoms with E-state index in [1.54, 1.807) is 13.1 Å². The van der Waals surface area contributed by atoms with Crippen molar-refractivity contribution in [2.24, 2.45) is 5.92 Å². The van der Waals surface area contributed by atoms with Gasteiger partial charge in [-0.15, -0.1) is 0 Å². The summed E-state index contributed by atoms with van der Waals surface area (Å²) >= 11 is 0. The van der Waals surface area contributed by atoms with Gasteiger partial charge in [0, 0.05) is 32.7 Å². The van der Waals surface area contributed by atoms with Gasteiger partial charge in [-0.2, -0.15) is 0 Å². The zero-order valence-electron chi connectivity index (χ0n) is 17.7. The van der Waals surface area contributed by atoms with E-state index in [-0.39, 0.29) is 22.7 Å². The maximum Gasteiger partial charge on any atom is 0.227 e. The smallest absolute Gasteiger partial charge is 0.227 e. The minimum absolute atomic E-state index is 0.00714. The minimum Gasteiger partial charge on any atom is -0.378 e. The summed E-state index contributed by atoms with van der Waals surface area (Å²) in [4.78, 5) is 21.3. The van der Waals surface area contributed by atoms with E-state index in [1.165, 1.54) is 0 Å². The number of sulfone groups is 1. The molecule has 0 N–H and O–H groups in total. The van der Waals surface area contributed by atoms with Crippen molar-refractivity contribution in [3.8, 4) is 0 Å². The van der Waals surface area contributed by atoms with Gasteiger partial charge in [0.05, 0.1) is 36.8 Å². The second-order valence-corrected chi connectivity index (χ2v) is 10.1. The van der Waals surface area contributed by atoms with Crippen LogP contribution in [-0.4, -0.2) is 78.8 Å². The van der Waals surface area contributed by atoms with Crippen molar-refractivity contribution < 1.29 is 17.9 Å². The second kappa shape index (κ2) is 10.0. The molecule has 9 heteroatoms. The molecule has 1 aromatic rings. The number of nitrogens with zero attached hydrogens (tertiary/aromatic N) is 4. The molecule has 2 aliphatic heterocycles. The van der Waals surface area contributed by atoms with Crippen LogP contribution in [0.15, 0.2) is 11.4 Å². The van der Waals surface area contributed by atoms with E-state index >= 15 is 0 Å². The molecule has 1 amide bonds. The molecule has 2 fully saturated rings. The Morgan fingerprint density at radius 3 is 2.69 bits per heavy atom. The van der Waals surface area contributed by atoms with Crippen LogP contribution in [-0.2, 0) is 32.5 Å². The molecule has 8 nitrogen and oxygen atoms in total. The van der Waals surface area contributed by atoms with Gasteiger partial charge in [-0.3, -0.25) is 9.69 Å². The van der Waals surface area contributed by atoms with Gasteiger partial charge in [-0.05, 0) is 25.8 Å². The number of carbonyl (C=O) groups excluding carboxylic acids is 1. The molecule has 2 aliphatic rings. The largest absolute Gasteiger partial charge is 0.378 e. The molecule has 29 heavy (non-hydrogen) atoms. The SMILES string of the molecule is CCCCn1c(CN2CCC[C@@H](C(=O)N3CCOCC3)C2)cnc1S(=O)(=O)CC. The zero-order valence-corrected chi connectivity index (χ0v) is 18.5. The van der Waals surface area contributed by atoms with E-state index in [1.807, 2.05) is 9.47 Å². The molecule has 164 valence electrons. The van der Waals surface area contributed by atoms with Gasteiger partial charge in [0.15, 0.2) is 0 Å². The highest BCUT2D eigenvalue weighted by Gasteiger charge is 2.31. The third-order valence-electron chi connectivity index (χ3n) is 5.86. The zero-order chi connectivity index (χ0) is 20.9. The van der Waals surface area contributed by atoms with Gasteiger partial charge >= 0.3 is 0 Å². The van der Waals surface area contributed by atoms with E-state index in [2.05, 4.69) is 16.8 Å². The molecule has 0 radical (unpaired) electrons. The number of amides is 1. The highest BCUT2D eigenvalue weighted by molar-refractivity contribution is 7.91. The lowest BCUT2D eigenvalue weighted by molar-refractivity contribution is -0.141. The maximum atomic E-state index is 12.9. The number of unbranched alkanes of at least 4 members (excludes halogenated alkanes) is 1. The standard InChI is InChI=1S/C20H34N4O4S/c1-3-5-9-24-18(14-21-20(24)29(26,27)4-2)16-22-8-6-7-17(15-22)19(25)23-10-12-28-13-11-23/h14,17H,3-13,15-16H2,1-2H3/t17-/m1/s1. The average Bonchev–Trinajstić information content (AvgIpc) is 3.15. The predicted octanol–water partition coefficient (Wildman–Crippen LogP) is 1.55. The van der Waals surface area contributed by atoms with E-state index in [0.717, 1.165) is 37.9 Å². The van der Waals surface area contributed by atoms with Crippen LogP contribution >= 0.6 is 0 Å². The Morgan fingerprint density at radius 2 is 2.00 bits per heavy atom. The van der Waals surface area contributed by atoms with Crippen LogP contribution in [0, 0.1) is 5.92 Å². The van der Waals surface area contributed by atoms with Crippen LogP contribution in [0.5, 0.6) is 0 Å². The molecule has 0 aromatic carbocycles. The number of imidazole rings is 1. The number of likely N-dealkylation sites (tertiary alicyclic amines) is 1. The topological polar surface area (TPSA) is 84.7 Å². The number of ether oxygens (including phenoxy) is 1. The number of hydrogen-bond acceptors (Lipinski definition) is 6. The van der Waals surface area contributed by atoms with Gasteiger partial charge in [0.2, 0.25) is 20.9 Å². The van der Waals surface area contributed by atoms with Crippen LogP contribution in [0.1, 0.15) is 45.2 Å². The molecule has 0 saturated carbocycles. The van der Waals surface area contributed by atoms with Crippen LogP contribution < -0.4 is 0 Å². The van der Waals surface area contributed by atoms with Crippen molar-refractivity contribution >= 4 is 15.7 Å². The highest BCUT2D eigenvalue weighted by atomic mass is 32.2. The van der Waals surface area contributed by atoms with Crippen molar-refractivity contribution in [3.05, 3.63) is 11.9 Å². The van der Waals surface area contributed by atoms with E-state index in [9.17, 15) is 13.2 Å². The Hall–Kier alpha value is -1.45. The van der Waals surface area contributed by atoms with Crippen molar-refractivity contribution in [2.75, 3.05) is 45.1 Å². The molecular weight excluding hydrogens is 392 g/mol. The first-order valence-corrected chi connectivity index (χ1v) is 12.5. The van der Waals surface area contributed by atoms with Crippen molar-refractivity contribution in [2.45, 2.75) is 57.8 Å². The lowest BCUT2D eigenvalue weighted by Crippen LogP contribution is -2.48. The van der Waals surface area contributed by atoms with Gasteiger partial charge < -0.3 is 14.2 Å². The molecule has 0 unspecified atom stereocenters. The molecule has 2 saturated heterocycles. The lowest BCUT2D eigenvalue weighted by atomic mass is 9.96. The summed E-state index contributed by atoms with van der Waals surface area (Å²) in [6, 6.07) is 0. The number of morpholine rings is 1.